The molecule has 0 fully saturated rings. The average molecular weight is 243 g/mol. The molecule has 0 saturated heterocycles. The molecule has 1 rings (SSSR count). The fourth-order valence-electron chi connectivity index (χ4n) is 2.66. The lowest BCUT2D eigenvalue weighted by Crippen LogP contribution is -2.23. The van der Waals surface area contributed by atoms with Crippen molar-refractivity contribution in [1.82, 2.24) is 0 Å². The van der Waals surface area contributed by atoms with E-state index in [-0.39, 0.29) is 5.41 Å². The summed E-state index contributed by atoms with van der Waals surface area (Å²) in [4.78, 5) is 0. The van der Waals surface area contributed by atoms with Crippen LogP contribution in [0.4, 0.5) is 0 Å². The molecule has 0 aliphatic rings. The van der Waals surface area contributed by atoms with Gasteiger partial charge in [0.15, 0.2) is 0 Å². The van der Waals surface area contributed by atoms with Gasteiger partial charge >= 0.3 is 0 Å². The van der Waals surface area contributed by atoms with Crippen molar-refractivity contribution >= 4 is 12.7 Å². The molecule has 0 bridgehead atoms. The maximum absolute atomic E-state index is 2.37. The number of hydrogen-bond acceptors (Lipinski definition) is 0. The summed E-state index contributed by atoms with van der Waals surface area (Å²) < 4.78 is 0. The smallest absolute Gasteiger partial charge is 0.0875 e. The van der Waals surface area contributed by atoms with Gasteiger partial charge in [0.25, 0.3) is 0 Å². The largest absolute Gasteiger partial charge is 0.148 e. The molecular weight excluding hydrogens is 215 g/mol. The summed E-state index contributed by atoms with van der Waals surface area (Å²) in [6.07, 6.45) is 0. The summed E-state index contributed by atoms with van der Waals surface area (Å²) in [7, 11) is 2.21. The summed E-state index contributed by atoms with van der Waals surface area (Å²) in [5, 5.41) is 0. The SMILES string of the molecule is C[B]c1cc(C(C)C)c(C(C)(C)C)c(C(C)C)c1. The van der Waals surface area contributed by atoms with E-state index in [1.165, 1.54) is 16.6 Å². The maximum Gasteiger partial charge on any atom is 0.148 e. The molecule has 1 aromatic rings. The molecule has 0 unspecified atom stereocenters. The topological polar surface area (TPSA) is 0 Å². The van der Waals surface area contributed by atoms with Crippen LogP contribution >= 0.6 is 0 Å². The van der Waals surface area contributed by atoms with Gasteiger partial charge in [-0.1, -0.05) is 72.9 Å². The van der Waals surface area contributed by atoms with E-state index in [1.807, 2.05) is 0 Å². The van der Waals surface area contributed by atoms with E-state index in [1.54, 1.807) is 5.56 Å². The summed E-state index contributed by atoms with van der Waals surface area (Å²) in [5.74, 6) is 1.16. The van der Waals surface area contributed by atoms with Crippen LogP contribution in [-0.2, 0) is 5.41 Å². The normalized spacial score (nSPS) is 12.3. The maximum atomic E-state index is 2.37. The zero-order valence-electron chi connectivity index (χ0n) is 13.4. The van der Waals surface area contributed by atoms with Crippen molar-refractivity contribution in [1.29, 1.82) is 0 Å². The van der Waals surface area contributed by atoms with Crippen molar-refractivity contribution in [3.05, 3.63) is 28.8 Å². The Morgan fingerprint density at radius 2 is 1.28 bits per heavy atom. The van der Waals surface area contributed by atoms with Gasteiger partial charge in [0, 0.05) is 0 Å². The molecule has 0 aliphatic carbocycles. The first kappa shape index (κ1) is 15.3. The predicted octanol–water partition coefficient (Wildman–Crippen LogP) is 4.61. The second kappa shape index (κ2) is 5.51. The molecule has 0 aromatic heterocycles. The molecule has 1 radical (unpaired) electrons. The molecule has 0 saturated carbocycles. The fraction of sp³-hybridized carbons (Fsp3) is 0.647. The zero-order chi connectivity index (χ0) is 14.1. The van der Waals surface area contributed by atoms with Crippen molar-refractivity contribution in [3.8, 4) is 0 Å². The third kappa shape index (κ3) is 3.19. The van der Waals surface area contributed by atoms with Crippen LogP contribution in [0.1, 0.15) is 77.0 Å². The lowest BCUT2D eigenvalue weighted by Gasteiger charge is -2.30. The Bertz CT molecular complexity index is 379. The summed E-state index contributed by atoms with van der Waals surface area (Å²) >= 11 is 0. The second-order valence-corrected chi connectivity index (χ2v) is 6.92. The summed E-state index contributed by atoms with van der Waals surface area (Å²) in [6.45, 7) is 18.3. The highest BCUT2D eigenvalue weighted by atomic mass is 14.3. The van der Waals surface area contributed by atoms with Gasteiger partial charge < -0.3 is 0 Å². The van der Waals surface area contributed by atoms with Crippen LogP contribution in [0, 0.1) is 0 Å². The van der Waals surface area contributed by atoms with Crippen LogP contribution in [0.3, 0.4) is 0 Å². The van der Waals surface area contributed by atoms with Crippen LogP contribution in [-0.4, -0.2) is 7.28 Å². The molecule has 0 amide bonds. The van der Waals surface area contributed by atoms with Crippen molar-refractivity contribution in [2.45, 2.75) is 72.5 Å². The van der Waals surface area contributed by atoms with Crippen molar-refractivity contribution in [2.24, 2.45) is 0 Å². The third-order valence-corrected chi connectivity index (χ3v) is 3.55. The first-order chi connectivity index (χ1) is 8.18. The van der Waals surface area contributed by atoms with Gasteiger partial charge in [0.1, 0.15) is 7.28 Å². The molecule has 0 heterocycles. The predicted molar refractivity (Wildman–Crippen MR) is 84.6 cm³/mol. The van der Waals surface area contributed by atoms with E-state index in [2.05, 4.69) is 74.7 Å². The molecule has 99 valence electrons. The van der Waals surface area contributed by atoms with E-state index in [4.69, 9.17) is 0 Å². The Morgan fingerprint density at radius 3 is 1.50 bits per heavy atom. The average Bonchev–Trinajstić information content (AvgIpc) is 2.25. The van der Waals surface area contributed by atoms with E-state index in [0.29, 0.717) is 11.8 Å². The van der Waals surface area contributed by atoms with Crippen LogP contribution in [0.15, 0.2) is 12.1 Å². The van der Waals surface area contributed by atoms with E-state index in [0.717, 1.165) is 0 Å². The van der Waals surface area contributed by atoms with Gasteiger partial charge in [-0.15, -0.1) is 0 Å². The van der Waals surface area contributed by atoms with Gasteiger partial charge in [0.05, 0.1) is 0 Å². The Hall–Kier alpha value is -0.715. The van der Waals surface area contributed by atoms with Gasteiger partial charge in [-0.3, -0.25) is 0 Å². The fourth-order valence-corrected chi connectivity index (χ4v) is 2.66. The highest BCUT2D eigenvalue weighted by molar-refractivity contribution is 6.52. The van der Waals surface area contributed by atoms with Gasteiger partial charge in [-0.2, -0.15) is 0 Å². The Balaban J connectivity index is 3.61. The first-order valence-electron chi connectivity index (χ1n) is 7.16. The highest BCUT2D eigenvalue weighted by Crippen LogP contribution is 2.35. The molecule has 18 heavy (non-hydrogen) atoms. The quantitative estimate of drug-likeness (QED) is 0.680. The standard InChI is InChI=1S/C17H28B/c1-11(2)14-9-13(18-8)10-15(12(3)4)16(14)17(5,6)7/h9-12H,1-8H3. The summed E-state index contributed by atoms with van der Waals surface area (Å²) in [5.41, 5.74) is 6.16. The zero-order valence-corrected chi connectivity index (χ0v) is 13.4. The Kier molecular flexibility index (Phi) is 4.69. The monoisotopic (exact) mass is 243 g/mol. The number of hydrogen-bond donors (Lipinski definition) is 0. The third-order valence-electron chi connectivity index (χ3n) is 3.55. The summed E-state index contributed by atoms with van der Waals surface area (Å²) in [6, 6.07) is 4.74. The minimum atomic E-state index is 0.214. The first-order valence-corrected chi connectivity index (χ1v) is 7.16. The second-order valence-electron chi connectivity index (χ2n) is 6.92. The highest BCUT2D eigenvalue weighted by Gasteiger charge is 2.24. The van der Waals surface area contributed by atoms with Crippen molar-refractivity contribution < 1.29 is 0 Å². The molecule has 0 aliphatic heterocycles. The molecule has 0 spiro atoms. The van der Waals surface area contributed by atoms with Crippen molar-refractivity contribution in [2.75, 3.05) is 0 Å². The number of benzene rings is 1. The van der Waals surface area contributed by atoms with Crippen LogP contribution in [0.25, 0.3) is 0 Å². The molecule has 1 aromatic carbocycles. The van der Waals surface area contributed by atoms with Crippen molar-refractivity contribution in [3.63, 3.8) is 0 Å². The van der Waals surface area contributed by atoms with E-state index < -0.39 is 0 Å². The van der Waals surface area contributed by atoms with E-state index >= 15 is 0 Å². The van der Waals surface area contributed by atoms with Gasteiger partial charge in [-0.25, -0.2) is 0 Å². The lowest BCUT2D eigenvalue weighted by atomic mass is 9.67. The Morgan fingerprint density at radius 1 is 0.889 bits per heavy atom. The van der Waals surface area contributed by atoms with Crippen LogP contribution in [0.2, 0.25) is 6.82 Å². The molecule has 0 nitrogen and oxygen atoms in total. The number of rotatable bonds is 3. The molecule has 0 N–H and O–H groups in total. The van der Waals surface area contributed by atoms with Gasteiger partial charge in [0.2, 0.25) is 0 Å². The molecule has 1 heteroatoms. The van der Waals surface area contributed by atoms with Gasteiger partial charge in [-0.05, 0) is 33.9 Å². The lowest BCUT2D eigenvalue weighted by molar-refractivity contribution is 0.564. The molecule has 0 atom stereocenters. The van der Waals surface area contributed by atoms with Crippen LogP contribution in [0.5, 0.6) is 0 Å². The Labute approximate surface area is 114 Å². The van der Waals surface area contributed by atoms with Crippen LogP contribution < -0.4 is 5.46 Å². The molecular formula is C17H28B. The van der Waals surface area contributed by atoms with E-state index in [9.17, 15) is 0 Å². The minimum absolute atomic E-state index is 0.214. The minimum Gasteiger partial charge on any atom is -0.0875 e.